The van der Waals surface area contributed by atoms with E-state index < -0.39 is 14.5 Å². The van der Waals surface area contributed by atoms with Crippen molar-refractivity contribution >= 4 is 8.46 Å². The van der Waals surface area contributed by atoms with E-state index in [1.807, 2.05) is 0 Å². The molecule has 0 radical (unpaired) electrons. The van der Waals surface area contributed by atoms with Gasteiger partial charge >= 0.3 is 14.5 Å². The Balaban J connectivity index is 3.41. The average Bonchev–Trinajstić information content (AvgIpc) is 1.35. The predicted octanol–water partition coefficient (Wildman–Crippen LogP) is 1.75. The van der Waals surface area contributed by atoms with Gasteiger partial charge in [0.2, 0.25) is 5.82 Å². The molecule has 0 aromatic carbocycles. The lowest BCUT2D eigenvalue weighted by atomic mass is 11.1. The van der Waals surface area contributed by atoms with Crippen LogP contribution < -0.4 is 0 Å². The number of halogens is 2. The lowest BCUT2D eigenvalue weighted by Gasteiger charge is -1.56. The Kier molecular flexibility index (Phi) is 2.77. The maximum Gasteiger partial charge on any atom is 0.361 e. The van der Waals surface area contributed by atoms with Gasteiger partial charge in [0, 0.05) is 0 Å². The minimum Gasteiger partial charge on any atom is -0.169 e. The van der Waals surface area contributed by atoms with Crippen LogP contribution in [0.25, 0.3) is 0 Å². The quantitative estimate of drug-likeness (QED) is 0.471. The third kappa shape index (κ3) is 3.70. The van der Waals surface area contributed by atoms with Crippen LogP contribution in [0.1, 0.15) is 0 Å². The van der Waals surface area contributed by atoms with Gasteiger partial charge in [0.25, 0.3) is 0 Å². The molecule has 0 heterocycles. The molecule has 0 aliphatic rings. The van der Waals surface area contributed by atoms with Crippen molar-refractivity contribution in [1.29, 1.82) is 0 Å². The van der Waals surface area contributed by atoms with Crippen molar-refractivity contribution in [3.8, 4) is 0 Å². The van der Waals surface area contributed by atoms with Crippen LogP contribution >= 0.6 is 8.46 Å². The molecule has 0 saturated carbocycles. The summed E-state index contributed by atoms with van der Waals surface area (Å²) < 4.78 is 30.6. The second kappa shape index (κ2) is 2.91. The average molecular weight is 111 g/mol. The molecule has 0 bridgehead atoms. The van der Waals surface area contributed by atoms with E-state index in [1.54, 1.807) is 0 Å². The number of hydrogen-bond donors (Lipinski definition) is 0. The van der Waals surface area contributed by atoms with Crippen molar-refractivity contribution in [1.82, 2.24) is 0 Å². The Morgan fingerprint density at radius 2 is 2.17 bits per heavy atom. The largest absolute Gasteiger partial charge is 0.361 e. The van der Waals surface area contributed by atoms with Crippen LogP contribution in [0.5, 0.6) is 0 Å². The van der Waals surface area contributed by atoms with Crippen LogP contribution in [0.15, 0.2) is 11.9 Å². The SMILES string of the molecule is O=[PH+]C=C(F)F. The summed E-state index contributed by atoms with van der Waals surface area (Å²) in [5, 5.41) is 0. The molecule has 6 heavy (non-hydrogen) atoms. The molecule has 0 aromatic rings. The van der Waals surface area contributed by atoms with Gasteiger partial charge in [0.1, 0.15) is 0 Å². The summed E-state index contributed by atoms with van der Waals surface area (Å²) in [6, 6.07) is 0. The predicted molar refractivity (Wildman–Crippen MR) is 19.3 cm³/mol. The molecule has 34 valence electrons. The molecule has 0 spiro atoms. The lowest BCUT2D eigenvalue weighted by Crippen LogP contribution is -1.41. The van der Waals surface area contributed by atoms with Crippen molar-refractivity contribution in [3.63, 3.8) is 0 Å². The monoisotopic (exact) mass is 111 g/mol. The zero-order chi connectivity index (χ0) is 4.99. The van der Waals surface area contributed by atoms with Gasteiger partial charge in [0.05, 0.1) is 0 Å². The molecule has 0 fully saturated rings. The second-order valence-corrected chi connectivity index (χ2v) is 1.08. The van der Waals surface area contributed by atoms with E-state index in [0.717, 1.165) is 0 Å². The highest BCUT2D eigenvalue weighted by molar-refractivity contribution is 7.27. The molecular weight excluding hydrogens is 109 g/mol. The van der Waals surface area contributed by atoms with Crippen LogP contribution in [0, 0.1) is 0 Å². The molecule has 0 aliphatic heterocycles. The Bertz CT molecular complexity index is 75.6. The first-order valence-corrected chi connectivity index (χ1v) is 2.15. The van der Waals surface area contributed by atoms with Gasteiger partial charge in [-0.05, 0) is 0 Å². The molecule has 0 saturated heterocycles. The molecule has 0 rings (SSSR count). The molecule has 4 heteroatoms. The first kappa shape index (κ1) is 5.70. The third-order valence-corrected chi connectivity index (χ3v) is 0.504. The zero-order valence-corrected chi connectivity index (χ0v) is 3.74. The summed E-state index contributed by atoms with van der Waals surface area (Å²) in [6.07, 6.45) is -1.89. The van der Waals surface area contributed by atoms with Crippen LogP contribution in [-0.4, -0.2) is 0 Å². The molecule has 0 aliphatic carbocycles. The van der Waals surface area contributed by atoms with Gasteiger partial charge in [0.15, 0.2) is 0 Å². The summed E-state index contributed by atoms with van der Waals surface area (Å²) in [5.41, 5.74) is 0. The van der Waals surface area contributed by atoms with E-state index in [-0.39, 0.29) is 0 Å². The van der Waals surface area contributed by atoms with E-state index in [9.17, 15) is 13.3 Å². The second-order valence-electron chi connectivity index (χ2n) is 0.552. The fourth-order valence-corrected chi connectivity index (χ4v) is 0.134. The molecule has 0 amide bonds. The Morgan fingerprint density at radius 3 is 2.17 bits per heavy atom. The Morgan fingerprint density at radius 1 is 1.67 bits per heavy atom. The molecule has 0 aromatic heterocycles. The van der Waals surface area contributed by atoms with Crippen LogP contribution in [-0.2, 0) is 4.57 Å². The third-order valence-electron chi connectivity index (χ3n) is 0.168. The Hall–Kier alpha value is -0.300. The molecule has 0 N–H and O–H groups in total. The topological polar surface area (TPSA) is 17.1 Å². The first-order chi connectivity index (χ1) is 2.77. The first-order valence-electron chi connectivity index (χ1n) is 1.16. The standard InChI is InChI=1S/C2HF2OP/c3-2(4)1-6-5/h1H/p+1. The highest BCUT2D eigenvalue weighted by Crippen LogP contribution is 2.03. The van der Waals surface area contributed by atoms with Crippen LogP contribution in [0.3, 0.4) is 0 Å². The van der Waals surface area contributed by atoms with Gasteiger partial charge in [-0.1, -0.05) is 4.57 Å². The van der Waals surface area contributed by atoms with Gasteiger partial charge in [-0.15, -0.1) is 0 Å². The van der Waals surface area contributed by atoms with Crippen LogP contribution in [0.2, 0.25) is 0 Å². The minimum absolute atomic E-state index is 0.347. The number of hydrogen-bond acceptors (Lipinski definition) is 1. The highest BCUT2D eigenvalue weighted by atomic mass is 31.1. The molecule has 1 unspecified atom stereocenters. The smallest absolute Gasteiger partial charge is 0.169 e. The minimum atomic E-state index is -1.89. The maximum atomic E-state index is 10.7. The normalized spacial score (nSPS) is 8.33. The van der Waals surface area contributed by atoms with E-state index in [4.69, 9.17) is 0 Å². The maximum absolute atomic E-state index is 10.7. The van der Waals surface area contributed by atoms with Gasteiger partial charge in [-0.3, -0.25) is 0 Å². The molecule has 1 nitrogen and oxygen atoms in total. The lowest BCUT2D eigenvalue weighted by molar-refractivity contribution is 0.423. The van der Waals surface area contributed by atoms with E-state index >= 15 is 0 Å². The summed E-state index contributed by atoms with van der Waals surface area (Å²) in [4.78, 5) is 0. The zero-order valence-electron chi connectivity index (χ0n) is 2.74. The van der Waals surface area contributed by atoms with Crippen molar-refractivity contribution in [2.24, 2.45) is 0 Å². The highest BCUT2D eigenvalue weighted by Gasteiger charge is 1.88. The van der Waals surface area contributed by atoms with Gasteiger partial charge < -0.3 is 0 Å². The van der Waals surface area contributed by atoms with Gasteiger partial charge in [-0.2, -0.15) is 8.78 Å². The van der Waals surface area contributed by atoms with Crippen LogP contribution in [0.4, 0.5) is 8.78 Å². The summed E-state index contributed by atoms with van der Waals surface area (Å²) >= 11 is 0. The van der Waals surface area contributed by atoms with Gasteiger partial charge in [-0.25, -0.2) is 0 Å². The fourth-order valence-electron chi connectivity index (χ4n) is 0.0445. The Labute approximate surface area is 34.9 Å². The molecular formula is C2H2F2OP+. The van der Waals surface area contributed by atoms with Crippen molar-refractivity contribution < 1.29 is 13.3 Å². The summed E-state index contributed by atoms with van der Waals surface area (Å²) in [7, 11) is -1.02. The van der Waals surface area contributed by atoms with Crippen molar-refractivity contribution in [2.45, 2.75) is 0 Å². The molecule has 1 atom stereocenters. The van der Waals surface area contributed by atoms with Crippen molar-refractivity contribution in [2.75, 3.05) is 0 Å². The van der Waals surface area contributed by atoms with Crippen molar-refractivity contribution in [3.05, 3.63) is 11.9 Å². The summed E-state index contributed by atoms with van der Waals surface area (Å²) in [6.45, 7) is 0. The van der Waals surface area contributed by atoms with E-state index in [1.165, 1.54) is 0 Å². The van der Waals surface area contributed by atoms with E-state index in [0.29, 0.717) is 5.82 Å². The van der Waals surface area contributed by atoms with E-state index in [2.05, 4.69) is 0 Å². The fraction of sp³-hybridized carbons (Fsp3) is 0. The summed E-state index contributed by atoms with van der Waals surface area (Å²) in [5.74, 6) is 0.347. The number of rotatable bonds is 1.